The Morgan fingerprint density at radius 3 is 2.68 bits per heavy atom. The molecule has 7 nitrogen and oxygen atoms in total. The monoisotopic (exact) mass is 396 g/mol. The highest BCUT2D eigenvalue weighted by molar-refractivity contribution is 6.30. The van der Waals surface area contributed by atoms with E-state index in [0.29, 0.717) is 22.8 Å². The second-order valence-electron chi connectivity index (χ2n) is 6.72. The quantitative estimate of drug-likeness (QED) is 0.668. The summed E-state index contributed by atoms with van der Waals surface area (Å²) in [5.41, 5.74) is 0.525. The topological polar surface area (TPSA) is 88.3 Å². The largest absolute Gasteiger partial charge is 0.337 e. The highest BCUT2D eigenvalue weighted by atomic mass is 35.5. The molecule has 0 aliphatic carbocycles. The van der Waals surface area contributed by atoms with Crippen molar-refractivity contribution in [3.63, 3.8) is 0 Å². The van der Waals surface area contributed by atoms with Gasteiger partial charge in [-0.05, 0) is 30.2 Å². The van der Waals surface area contributed by atoms with Gasteiger partial charge >= 0.3 is 6.03 Å². The standard InChI is InChI=1S/C20H17ClN4O3/c1-20(14-7-3-2-4-8-14)18(26)25(19(27)23-20)12-17-22-16(24-28-17)11-13-6-5-9-15(21)10-13/h2-10H,11-12H2,1H3,(H,23,27). The van der Waals surface area contributed by atoms with Crippen molar-refractivity contribution < 1.29 is 14.1 Å². The maximum atomic E-state index is 12.9. The van der Waals surface area contributed by atoms with Crippen molar-refractivity contribution in [1.82, 2.24) is 20.4 Å². The van der Waals surface area contributed by atoms with Gasteiger partial charge in [-0.3, -0.25) is 9.69 Å². The predicted octanol–water partition coefficient (Wildman–Crippen LogP) is 3.28. The highest BCUT2D eigenvalue weighted by Gasteiger charge is 2.49. The van der Waals surface area contributed by atoms with Gasteiger partial charge in [0, 0.05) is 11.4 Å². The molecule has 1 N–H and O–H groups in total. The maximum Gasteiger partial charge on any atom is 0.325 e. The molecule has 1 saturated heterocycles. The summed E-state index contributed by atoms with van der Waals surface area (Å²) in [7, 11) is 0. The lowest BCUT2D eigenvalue weighted by atomic mass is 9.92. The fourth-order valence-corrected chi connectivity index (χ4v) is 3.41. The second-order valence-corrected chi connectivity index (χ2v) is 7.16. The van der Waals surface area contributed by atoms with Crippen LogP contribution in [0.15, 0.2) is 59.1 Å². The van der Waals surface area contributed by atoms with Crippen LogP contribution < -0.4 is 5.32 Å². The van der Waals surface area contributed by atoms with Crippen LogP contribution in [0.5, 0.6) is 0 Å². The van der Waals surface area contributed by atoms with Gasteiger partial charge in [-0.25, -0.2) is 4.79 Å². The van der Waals surface area contributed by atoms with E-state index in [1.807, 2.05) is 36.4 Å². The number of benzene rings is 2. The zero-order valence-electron chi connectivity index (χ0n) is 15.1. The Balaban J connectivity index is 1.50. The van der Waals surface area contributed by atoms with Crippen molar-refractivity contribution in [2.24, 2.45) is 0 Å². The van der Waals surface area contributed by atoms with Crippen LogP contribution in [-0.4, -0.2) is 27.0 Å². The first-order chi connectivity index (χ1) is 13.5. The van der Waals surface area contributed by atoms with Crippen molar-refractivity contribution in [1.29, 1.82) is 0 Å². The average Bonchev–Trinajstić information content (AvgIpc) is 3.21. The molecule has 1 unspecified atom stereocenters. The molecule has 0 radical (unpaired) electrons. The average molecular weight is 397 g/mol. The number of hydrogen-bond acceptors (Lipinski definition) is 5. The van der Waals surface area contributed by atoms with Crippen LogP contribution in [-0.2, 0) is 23.3 Å². The molecule has 8 heteroatoms. The summed E-state index contributed by atoms with van der Waals surface area (Å²) in [6.45, 7) is 1.59. The minimum Gasteiger partial charge on any atom is -0.337 e. The van der Waals surface area contributed by atoms with E-state index in [0.717, 1.165) is 10.5 Å². The fraction of sp³-hybridized carbons (Fsp3) is 0.200. The van der Waals surface area contributed by atoms with E-state index >= 15 is 0 Å². The van der Waals surface area contributed by atoms with E-state index in [-0.39, 0.29) is 18.3 Å². The second kappa shape index (κ2) is 7.09. The molecule has 0 saturated carbocycles. The van der Waals surface area contributed by atoms with Gasteiger partial charge in [0.15, 0.2) is 5.82 Å². The molecule has 2 aromatic carbocycles. The third-order valence-electron chi connectivity index (χ3n) is 4.68. The third kappa shape index (κ3) is 3.36. The Hall–Kier alpha value is -3.19. The number of halogens is 1. The molecule has 1 fully saturated rings. The molecule has 1 aliphatic heterocycles. The Kier molecular flexibility index (Phi) is 4.60. The molecule has 142 valence electrons. The first-order valence-electron chi connectivity index (χ1n) is 8.71. The number of carbonyl (C=O) groups excluding carboxylic acids is 2. The lowest BCUT2D eigenvalue weighted by Crippen LogP contribution is -2.40. The van der Waals surface area contributed by atoms with Crippen LogP contribution in [0.25, 0.3) is 0 Å². The van der Waals surface area contributed by atoms with Gasteiger partial charge in [0.25, 0.3) is 5.91 Å². The van der Waals surface area contributed by atoms with E-state index < -0.39 is 11.6 Å². The Morgan fingerprint density at radius 2 is 1.93 bits per heavy atom. The van der Waals surface area contributed by atoms with Gasteiger partial charge in [-0.1, -0.05) is 59.2 Å². The van der Waals surface area contributed by atoms with Crippen LogP contribution >= 0.6 is 11.6 Å². The van der Waals surface area contributed by atoms with E-state index in [9.17, 15) is 9.59 Å². The summed E-state index contributed by atoms with van der Waals surface area (Å²) in [6.07, 6.45) is 0.436. The number of hydrogen-bond donors (Lipinski definition) is 1. The van der Waals surface area contributed by atoms with E-state index in [4.69, 9.17) is 16.1 Å². The predicted molar refractivity (Wildman–Crippen MR) is 101 cm³/mol. The van der Waals surface area contributed by atoms with Crippen LogP contribution in [0.1, 0.15) is 29.8 Å². The normalized spacial score (nSPS) is 19.1. The van der Waals surface area contributed by atoms with E-state index in [1.165, 1.54) is 0 Å². The summed E-state index contributed by atoms with van der Waals surface area (Å²) >= 11 is 5.99. The van der Waals surface area contributed by atoms with Gasteiger partial charge < -0.3 is 9.84 Å². The SMILES string of the molecule is CC1(c2ccccc2)NC(=O)N(Cc2nc(Cc3cccc(Cl)c3)no2)C1=O. The number of urea groups is 1. The third-order valence-corrected chi connectivity index (χ3v) is 4.92. The number of rotatable bonds is 5. The minimum atomic E-state index is -1.12. The van der Waals surface area contributed by atoms with E-state index in [2.05, 4.69) is 15.5 Å². The molecule has 1 atom stereocenters. The molecule has 0 spiro atoms. The molecule has 0 bridgehead atoms. The van der Waals surface area contributed by atoms with E-state index in [1.54, 1.807) is 25.1 Å². The molecule has 3 amide bonds. The first-order valence-corrected chi connectivity index (χ1v) is 9.09. The Morgan fingerprint density at radius 1 is 1.14 bits per heavy atom. The molecular weight excluding hydrogens is 380 g/mol. The van der Waals surface area contributed by atoms with Gasteiger partial charge in [-0.15, -0.1) is 0 Å². The molecule has 28 heavy (non-hydrogen) atoms. The molecule has 1 aliphatic rings. The zero-order valence-corrected chi connectivity index (χ0v) is 15.8. The number of nitrogens with one attached hydrogen (secondary N) is 1. The number of nitrogens with zero attached hydrogens (tertiary/aromatic N) is 3. The number of imide groups is 1. The van der Waals surface area contributed by atoms with Crippen molar-refractivity contribution >= 4 is 23.5 Å². The molecule has 1 aromatic heterocycles. The van der Waals surface area contributed by atoms with Gasteiger partial charge in [0.2, 0.25) is 5.89 Å². The van der Waals surface area contributed by atoms with Crippen molar-refractivity contribution in [2.45, 2.75) is 25.4 Å². The van der Waals surface area contributed by atoms with Crippen molar-refractivity contribution in [2.75, 3.05) is 0 Å². The van der Waals surface area contributed by atoms with Crippen LogP contribution in [0.2, 0.25) is 5.02 Å². The first kappa shape index (κ1) is 18.2. The smallest absolute Gasteiger partial charge is 0.325 e. The van der Waals surface area contributed by atoms with Crippen LogP contribution in [0.4, 0.5) is 4.79 Å². The lowest BCUT2D eigenvalue weighted by molar-refractivity contribution is -0.131. The molecule has 2 heterocycles. The number of carbonyl (C=O) groups is 2. The maximum absolute atomic E-state index is 12.9. The van der Waals surface area contributed by atoms with Gasteiger partial charge in [0.1, 0.15) is 12.1 Å². The Labute approximate surface area is 166 Å². The summed E-state index contributed by atoms with van der Waals surface area (Å²) in [6, 6.07) is 16.0. The highest BCUT2D eigenvalue weighted by Crippen LogP contribution is 2.29. The summed E-state index contributed by atoms with van der Waals surface area (Å²) in [4.78, 5) is 30.7. The minimum absolute atomic E-state index is 0.0877. The Bertz CT molecular complexity index is 1040. The lowest BCUT2D eigenvalue weighted by Gasteiger charge is -2.21. The van der Waals surface area contributed by atoms with Crippen molar-refractivity contribution in [3.8, 4) is 0 Å². The molecule has 4 rings (SSSR count). The molecule has 3 aromatic rings. The molecular formula is C20H17ClN4O3. The zero-order chi connectivity index (χ0) is 19.7. The van der Waals surface area contributed by atoms with Gasteiger partial charge in [0.05, 0.1) is 0 Å². The van der Waals surface area contributed by atoms with Crippen LogP contribution in [0.3, 0.4) is 0 Å². The van der Waals surface area contributed by atoms with Crippen molar-refractivity contribution in [3.05, 3.63) is 82.5 Å². The van der Waals surface area contributed by atoms with Gasteiger partial charge in [-0.2, -0.15) is 4.98 Å². The summed E-state index contributed by atoms with van der Waals surface area (Å²) < 4.78 is 5.23. The summed E-state index contributed by atoms with van der Waals surface area (Å²) in [5, 5.41) is 7.31. The number of amides is 3. The summed E-state index contributed by atoms with van der Waals surface area (Å²) in [5.74, 6) is 0.284. The fourth-order valence-electron chi connectivity index (χ4n) is 3.20. The number of aromatic nitrogens is 2. The van der Waals surface area contributed by atoms with Crippen LogP contribution in [0, 0.1) is 0 Å².